The summed E-state index contributed by atoms with van der Waals surface area (Å²) < 4.78 is 0. The standard InChI is InChI=1S/C15H23N3OS/c1-13(14-5-4-6-16-11-14)17-15(19)12-20-10-9-18-7-2-3-8-18/h4-6,11,13H,2-3,7-10,12H2,1H3,(H,17,19)/t13-/m0/s1. The third kappa shape index (κ3) is 5.13. The molecule has 0 radical (unpaired) electrons. The van der Waals surface area contributed by atoms with Gasteiger partial charge in [0.2, 0.25) is 5.91 Å². The molecule has 1 saturated heterocycles. The van der Waals surface area contributed by atoms with Crippen LogP contribution >= 0.6 is 11.8 Å². The molecule has 0 aliphatic carbocycles. The van der Waals surface area contributed by atoms with Gasteiger partial charge in [-0.2, -0.15) is 11.8 Å². The molecule has 1 amide bonds. The highest BCUT2D eigenvalue weighted by atomic mass is 32.2. The maximum absolute atomic E-state index is 11.9. The summed E-state index contributed by atoms with van der Waals surface area (Å²) in [5.74, 6) is 1.68. The summed E-state index contributed by atoms with van der Waals surface area (Å²) in [6.45, 7) is 5.55. The van der Waals surface area contributed by atoms with E-state index in [1.165, 1.54) is 25.9 Å². The van der Waals surface area contributed by atoms with Crippen LogP contribution in [0.1, 0.15) is 31.4 Å². The average Bonchev–Trinajstić information content (AvgIpc) is 2.98. The lowest BCUT2D eigenvalue weighted by molar-refractivity contribution is -0.119. The van der Waals surface area contributed by atoms with E-state index in [4.69, 9.17) is 0 Å². The Morgan fingerprint density at radius 2 is 2.30 bits per heavy atom. The number of amides is 1. The van der Waals surface area contributed by atoms with Crippen LogP contribution in [0.2, 0.25) is 0 Å². The van der Waals surface area contributed by atoms with Gasteiger partial charge in [-0.3, -0.25) is 9.78 Å². The fourth-order valence-electron chi connectivity index (χ4n) is 2.36. The SMILES string of the molecule is C[C@H](NC(=O)CSCCN1CCCC1)c1cccnc1. The number of carbonyl (C=O) groups is 1. The van der Waals surface area contributed by atoms with Crippen molar-refractivity contribution in [3.8, 4) is 0 Å². The van der Waals surface area contributed by atoms with E-state index in [9.17, 15) is 4.79 Å². The summed E-state index contributed by atoms with van der Waals surface area (Å²) in [5, 5.41) is 3.01. The molecule has 1 fully saturated rings. The zero-order chi connectivity index (χ0) is 14.2. The first-order chi connectivity index (χ1) is 9.75. The van der Waals surface area contributed by atoms with Gasteiger partial charge in [0, 0.05) is 24.7 Å². The lowest BCUT2D eigenvalue weighted by Crippen LogP contribution is -2.29. The van der Waals surface area contributed by atoms with Gasteiger partial charge in [-0.05, 0) is 44.5 Å². The molecule has 2 heterocycles. The number of hydrogen-bond donors (Lipinski definition) is 1. The van der Waals surface area contributed by atoms with E-state index in [1.807, 2.05) is 19.1 Å². The first-order valence-corrected chi connectivity index (χ1v) is 8.40. The molecule has 0 aromatic carbocycles. The summed E-state index contributed by atoms with van der Waals surface area (Å²) in [5.41, 5.74) is 1.04. The molecule has 1 atom stereocenters. The maximum atomic E-state index is 11.9. The molecule has 0 unspecified atom stereocenters. The van der Waals surface area contributed by atoms with Crippen LogP contribution in [-0.4, -0.2) is 46.9 Å². The Labute approximate surface area is 125 Å². The van der Waals surface area contributed by atoms with Crippen molar-refractivity contribution in [1.82, 2.24) is 15.2 Å². The van der Waals surface area contributed by atoms with Crippen LogP contribution in [0, 0.1) is 0 Å². The molecular formula is C15H23N3OS. The van der Waals surface area contributed by atoms with Gasteiger partial charge < -0.3 is 10.2 Å². The fraction of sp³-hybridized carbons (Fsp3) is 0.600. The lowest BCUT2D eigenvalue weighted by atomic mass is 10.1. The number of hydrogen-bond acceptors (Lipinski definition) is 4. The molecule has 1 aromatic rings. The third-order valence-electron chi connectivity index (χ3n) is 3.55. The Kier molecular flexibility index (Phi) is 6.33. The number of pyridine rings is 1. The molecule has 110 valence electrons. The average molecular weight is 293 g/mol. The maximum Gasteiger partial charge on any atom is 0.230 e. The second-order valence-electron chi connectivity index (χ2n) is 5.18. The van der Waals surface area contributed by atoms with Gasteiger partial charge >= 0.3 is 0 Å². The van der Waals surface area contributed by atoms with Crippen LogP contribution < -0.4 is 5.32 Å². The Morgan fingerprint density at radius 1 is 1.50 bits per heavy atom. The fourth-order valence-corrected chi connectivity index (χ4v) is 3.16. The van der Waals surface area contributed by atoms with Gasteiger partial charge in [0.05, 0.1) is 11.8 Å². The van der Waals surface area contributed by atoms with E-state index < -0.39 is 0 Å². The van der Waals surface area contributed by atoms with E-state index in [0.29, 0.717) is 5.75 Å². The van der Waals surface area contributed by atoms with Crippen molar-refractivity contribution in [3.05, 3.63) is 30.1 Å². The largest absolute Gasteiger partial charge is 0.349 e. The second kappa shape index (κ2) is 8.27. The molecule has 1 aliphatic heterocycles. The van der Waals surface area contributed by atoms with Gasteiger partial charge in [0.25, 0.3) is 0 Å². The summed E-state index contributed by atoms with van der Waals surface area (Å²) in [4.78, 5) is 18.4. The number of thioether (sulfide) groups is 1. The number of nitrogens with one attached hydrogen (secondary N) is 1. The van der Waals surface area contributed by atoms with E-state index >= 15 is 0 Å². The summed E-state index contributed by atoms with van der Waals surface area (Å²) in [7, 11) is 0. The Hall–Kier alpha value is -1.07. The Morgan fingerprint density at radius 3 is 3.00 bits per heavy atom. The first kappa shape index (κ1) is 15.3. The quantitative estimate of drug-likeness (QED) is 0.782. The van der Waals surface area contributed by atoms with E-state index in [0.717, 1.165) is 17.9 Å². The minimum atomic E-state index is 0.0235. The van der Waals surface area contributed by atoms with Crippen molar-refractivity contribution in [2.24, 2.45) is 0 Å². The van der Waals surface area contributed by atoms with Crippen molar-refractivity contribution >= 4 is 17.7 Å². The number of aromatic nitrogens is 1. The highest BCUT2D eigenvalue weighted by Gasteiger charge is 2.12. The monoisotopic (exact) mass is 293 g/mol. The zero-order valence-corrected chi connectivity index (χ0v) is 12.9. The van der Waals surface area contributed by atoms with Crippen LogP contribution in [0.25, 0.3) is 0 Å². The second-order valence-corrected chi connectivity index (χ2v) is 6.28. The lowest BCUT2D eigenvalue weighted by Gasteiger charge is -2.15. The Bertz CT molecular complexity index is 407. The minimum absolute atomic E-state index is 0.0235. The number of carbonyl (C=O) groups excluding carboxylic acids is 1. The first-order valence-electron chi connectivity index (χ1n) is 7.25. The normalized spacial score (nSPS) is 17.1. The smallest absolute Gasteiger partial charge is 0.230 e. The number of nitrogens with zero attached hydrogens (tertiary/aromatic N) is 2. The molecule has 5 heteroatoms. The van der Waals surface area contributed by atoms with Crippen LogP contribution in [0.5, 0.6) is 0 Å². The summed E-state index contributed by atoms with van der Waals surface area (Å²) in [6, 6.07) is 3.90. The molecule has 2 rings (SSSR count). The van der Waals surface area contributed by atoms with Crippen LogP contribution in [0.4, 0.5) is 0 Å². The topological polar surface area (TPSA) is 45.2 Å². The third-order valence-corrected chi connectivity index (χ3v) is 4.48. The van der Waals surface area contributed by atoms with Crippen molar-refractivity contribution in [2.75, 3.05) is 31.1 Å². The van der Waals surface area contributed by atoms with Crippen LogP contribution in [0.15, 0.2) is 24.5 Å². The van der Waals surface area contributed by atoms with Crippen molar-refractivity contribution < 1.29 is 4.79 Å². The van der Waals surface area contributed by atoms with Crippen molar-refractivity contribution in [2.45, 2.75) is 25.8 Å². The van der Waals surface area contributed by atoms with Crippen molar-refractivity contribution in [3.63, 3.8) is 0 Å². The summed E-state index contributed by atoms with van der Waals surface area (Å²) >= 11 is 1.72. The number of likely N-dealkylation sites (tertiary alicyclic amines) is 1. The molecule has 0 spiro atoms. The highest BCUT2D eigenvalue weighted by molar-refractivity contribution is 7.99. The predicted molar refractivity (Wildman–Crippen MR) is 83.8 cm³/mol. The number of rotatable bonds is 7. The van der Waals surface area contributed by atoms with E-state index in [2.05, 4.69) is 15.2 Å². The molecule has 1 N–H and O–H groups in total. The highest BCUT2D eigenvalue weighted by Crippen LogP contribution is 2.11. The zero-order valence-electron chi connectivity index (χ0n) is 12.0. The van der Waals surface area contributed by atoms with E-state index in [-0.39, 0.29) is 11.9 Å². The van der Waals surface area contributed by atoms with E-state index in [1.54, 1.807) is 24.2 Å². The Balaban J connectivity index is 1.60. The summed E-state index contributed by atoms with van der Waals surface area (Å²) in [6.07, 6.45) is 6.19. The van der Waals surface area contributed by atoms with Gasteiger partial charge in [-0.1, -0.05) is 6.07 Å². The minimum Gasteiger partial charge on any atom is -0.349 e. The predicted octanol–water partition coefficient (Wildman–Crippen LogP) is 2.09. The molecule has 0 saturated carbocycles. The van der Waals surface area contributed by atoms with Gasteiger partial charge in [0.1, 0.15) is 0 Å². The molecular weight excluding hydrogens is 270 g/mol. The molecule has 4 nitrogen and oxygen atoms in total. The molecule has 0 bridgehead atoms. The van der Waals surface area contributed by atoms with Crippen molar-refractivity contribution in [1.29, 1.82) is 0 Å². The van der Waals surface area contributed by atoms with Gasteiger partial charge in [-0.15, -0.1) is 0 Å². The van der Waals surface area contributed by atoms with Gasteiger partial charge in [-0.25, -0.2) is 0 Å². The molecule has 20 heavy (non-hydrogen) atoms. The molecule has 1 aliphatic rings. The van der Waals surface area contributed by atoms with Crippen LogP contribution in [-0.2, 0) is 4.79 Å². The van der Waals surface area contributed by atoms with Gasteiger partial charge in [0.15, 0.2) is 0 Å². The van der Waals surface area contributed by atoms with Crippen LogP contribution in [0.3, 0.4) is 0 Å². The molecule has 1 aromatic heterocycles.